The fraction of sp³-hybridized carbons (Fsp3) is 0.500. The fourth-order valence-corrected chi connectivity index (χ4v) is 3.78. The van der Waals surface area contributed by atoms with Crippen molar-refractivity contribution in [3.8, 4) is 0 Å². The maximum absolute atomic E-state index is 12.2. The molecule has 1 amide bonds. The Morgan fingerprint density at radius 2 is 2.24 bits per heavy atom. The van der Waals surface area contributed by atoms with Crippen LogP contribution in [0.15, 0.2) is 18.2 Å². The number of aromatic nitrogens is 1. The molecule has 1 aromatic carbocycles. The third-order valence-electron chi connectivity index (χ3n) is 4.01. The van der Waals surface area contributed by atoms with Crippen LogP contribution in [0.5, 0.6) is 0 Å². The number of hydrogen-bond donors (Lipinski definition) is 2. The number of fused-ring (bicyclic) bond motifs is 1. The van der Waals surface area contributed by atoms with Gasteiger partial charge < -0.3 is 11.1 Å². The van der Waals surface area contributed by atoms with Gasteiger partial charge in [-0.15, -0.1) is 11.3 Å². The van der Waals surface area contributed by atoms with Crippen molar-refractivity contribution in [1.82, 2.24) is 4.98 Å². The van der Waals surface area contributed by atoms with Gasteiger partial charge in [-0.25, -0.2) is 4.98 Å². The predicted molar refractivity (Wildman–Crippen MR) is 87.7 cm³/mol. The fourth-order valence-electron chi connectivity index (χ4n) is 2.77. The maximum atomic E-state index is 12.2. The Labute approximate surface area is 128 Å². The molecule has 0 aliphatic heterocycles. The first kappa shape index (κ1) is 14.5. The SMILES string of the molecule is CC(C)c1nc2ccc(NC(=O)C3CCC(N)C3)cc2s1. The summed E-state index contributed by atoms with van der Waals surface area (Å²) in [6, 6.07) is 6.11. The van der Waals surface area contributed by atoms with Gasteiger partial charge in [0.2, 0.25) is 5.91 Å². The number of nitrogens with one attached hydrogen (secondary N) is 1. The molecule has 112 valence electrons. The predicted octanol–water partition coefficient (Wildman–Crippen LogP) is 3.49. The summed E-state index contributed by atoms with van der Waals surface area (Å²) in [6.07, 6.45) is 2.64. The molecule has 1 heterocycles. The molecule has 1 saturated carbocycles. The molecular weight excluding hydrogens is 282 g/mol. The van der Waals surface area contributed by atoms with Crippen molar-refractivity contribution in [2.45, 2.75) is 45.1 Å². The zero-order chi connectivity index (χ0) is 15.0. The van der Waals surface area contributed by atoms with Crippen LogP contribution in [-0.2, 0) is 4.79 Å². The first-order valence-corrected chi connectivity index (χ1v) is 8.31. The minimum absolute atomic E-state index is 0.0587. The van der Waals surface area contributed by atoms with Crippen molar-refractivity contribution in [1.29, 1.82) is 0 Å². The number of nitrogens with zero attached hydrogens (tertiary/aromatic N) is 1. The number of hydrogen-bond acceptors (Lipinski definition) is 4. The van der Waals surface area contributed by atoms with Gasteiger partial charge in [0.05, 0.1) is 15.2 Å². The van der Waals surface area contributed by atoms with E-state index in [2.05, 4.69) is 24.1 Å². The molecule has 3 rings (SSSR count). The third-order valence-corrected chi connectivity index (χ3v) is 5.33. The van der Waals surface area contributed by atoms with E-state index < -0.39 is 0 Å². The van der Waals surface area contributed by atoms with Crippen LogP contribution in [0.1, 0.15) is 44.0 Å². The molecular formula is C16H21N3OS. The second kappa shape index (κ2) is 5.73. The van der Waals surface area contributed by atoms with Gasteiger partial charge in [-0.05, 0) is 37.5 Å². The van der Waals surface area contributed by atoms with Crippen molar-refractivity contribution in [3.05, 3.63) is 23.2 Å². The molecule has 0 radical (unpaired) electrons. The summed E-state index contributed by atoms with van der Waals surface area (Å²) in [7, 11) is 0. The summed E-state index contributed by atoms with van der Waals surface area (Å²) in [4.78, 5) is 16.8. The first-order valence-electron chi connectivity index (χ1n) is 7.50. The van der Waals surface area contributed by atoms with Crippen molar-refractivity contribution >= 4 is 33.1 Å². The normalized spacial score (nSPS) is 22.1. The molecule has 1 aliphatic carbocycles. The Kier molecular flexibility index (Phi) is 3.95. The summed E-state index contributed by atoms with van der Waals surface area (Å²) in [6.45, 7) is 4.29. The van der Waals surface area contributed by atoms with E-state index in [9.17, 15) is 4.79 Å². The number of anilines is 1. The zero-order valence-corrected chi connectivity index (χ0v) is 13.2. The van der Waals surface area contributed by atoms with Gasteiger partial charge in [0.15, 0.2) is 0 Å². The smallest absolute Gasteiger partial charge is 0.227 e. The molecule has 1 aliphatic rings. The van der Waals surface area contributed by atoms with E-state index in [0.29, 0.717) is 5.92 Å². The second-order valence-corrected chi connectivity index (χ2v) is 7.21. The average molecular weight is 303 g/mol. The molecule has 21 heavy (non-hydrogen) atoms. The Morgan fingerprint density at radius 1 is 1.43 bits per heavy atom. The molecule has 5 heteroatoms. The van der Waals surface area contributed by atoms with Crippen LogP contribution in [0.2, 0.25) is 0 Å². The molecule has 0 spiro atoms. The summed E-state index contributed by atoms with van der Waals surface area (Å²) in [5.74, 6) is 0.583. The Balaban J connectivity index is 1.76. The van der Waals surface area contributed by atoms with E-state index in [1.54, 1.807) is 11.3 Å². The van der Waals surface area contributed by atoms with Crippen molar-refractivity contribution in [2.75, 3.05) is 5.32 Å². The third kappa shape index (κ3) is 3.09. The molecule has 1 fully saturated rings. The van der Waals surface area contributed by atoms with Crippen LogP contribution in [0, 0.1) is 5.92 Å². The van der Waals surface area contributed by atoms with Gasteiger partial charge >= 0.3 is 0 Å². The average Bonchev–Trinajstić information content (AvgIpc) is 3.04. The molecule has 1 aromatic heterocycles. The van der Waals surface area contributed by atoms with E-state index in [-0.39, 0.29) is 17.9 Å². The Bertz CT molecular complexity index is 665. The minimum Gasteiger partial charge on any atom is -0.328 e. The van der Waals surface area contributed by atoms with Crippen LogP contribution in [0.3, 0.4) is 0 Å². The summed E-state index contributed by atoms with van der Waals surface area (Å²) in [5.41, 5.74) is 7.73. The lowest BCUT2D eigenvalue weighted by Crippen LogP contribution is -2.23. The van der Waals surface area contributed by atoms with E-state index >= 15 is 0 Å². The Hall–Kier alpha value is -1.46. The minimum atomic E-state index is 0.0587. The van der Waals surface area contributed by atoms with Crippen LogP contribution in [-0.4, -0.2) is 16.9 Å². The van der Waals surface area contributed by atoms with Gasteiger partial charge in [-0.1, -0.05) is 13.8 Å². The number of benzene rings is 1. The lowest BCUT2D eigenvalue weighted by molar-refractivity contribution is -0.119. The monoisotopic (exact) mass is 303 g/mol. The highest BCUT2D eigenvalue weighted by molar-refractivity contribution is 7.18. The number of carbonyl (C=O) groups excluding carboxylic acids is 1. The van der Waals surface area contributed by atoms with E-state index in [4.69, 9.17) is 5.73 Å². The van der Waals surface area contributed by atoms with Gasteiger partial charge in [0.25, 0.3) is 0 Å². The van der Waals surface area contributed by atoms with Crippen LogP contribution < -0.4 is 11.1 Å². The van der Waals surface area contributed by atoms with Crippen molar-refractivity contribution in [3.63, 3.8) is 0 Å². The van der Waals surface area contributed by atoms with E-state index in [1.165, 1.54) is 0 Å². The number of amides is 1. The summed E-state index contributed by atoms with van der Waals surface area (Å²) >= 11 is 1.70. The second-order valence-electron chi connectivity index (χ2n) is 6.15. The first-order chi connectivity index (χ1) is 10.0. The van der Waals surface area contributed by atoms with Gasteiger partial charge in [0, 0.05) is 23.6 Å². The standard InChI is InChI=1S/C16H21N3OS/c1-9(2)16-19-13-6-5-12(8-14(13)21-16)18-15(20)10-3-4-11(17)7-10/h5-6,8-11H,3-4,7,17H2,1-2H3,(H,18,20). The number of nitrogens with two attached hydrogens (primary N) is 1. The maximum Gasteiger partial charge on any atom is 0.227 e. The highest BCUT2D eigenvalue weighted by Crippen LogP contribution is 2.30. The largest absolute Gasteiger partial charge is 0.328 e. The topological polar surface area (TPSA) is 68.0 Å². The van der Waals surface area contributed by atoms with Crippen LogP contribution in [0.4, 0.5) is 5.69 Å². The quantitative estimate of drug-likeness (QED) is 0.912. The molecule has 0 saturated heterocycles. The lowest BCUT2D eigenvalue weighted by atomic mass is 10.1. The summed E-state index contributed by atoms with van der Waals surface area (Å²) < 4.78 is 1.12. The molecule has 4 nitrogen and oxygen atoms in total. The van der Waals surface area contributed by atoms with Crippen molar-refractivity contribution in [2.24, 2.45) is 11.7 Å². The zero-order valence-electron chi connectivity index (χ0n) is 12.4. The molecule has 2 unspecified atom stereocenters. The van der Waals surface area contributed by atoms with Gasteiger partial charge in [0.1, 0.15) is 0 Å². The van der Waals surface area contributed by atoms with Crippen molar-refractivity contribution < 1.29 is 4.79 Å². The highest BCUT2D eigenvalue weighted by Gasteiger charge is 2.27. The van der Waals surface area contributed by atoms with Gasteiger partial charge in [-0.2, -0.15) is 0 Å². The van der Waals surface area contributed by atoms with Crippen LogP contribution >= 0.6 is 11.3 Å². The number of rotatable bonds is 3. The highest BCUT2D eigenvalue weighted by atomic mass is 32.1. The molecule has 2 aromatic rings. The molecule has 0 bridgehead atoms. The molecule has 2 atom stereocenters. The number of thiazole rings is 1. The Morgan fingerprint density at radius 3 is 2.90 bits per heavy atom. The van der Waals surface area contributed by atoms with E-state index in [1.807, 2.05) is 18.2 Å². The lowest BCUT2D eigenvalue weighted by Gasteiger charge is -2.10. The van der Waals surface area contributed by atoms with E-state index in [0.717, 1.165) is 40.2 Å². The van der Waals surface area contributed by atoms with Crippen LogP contribution in [0.25, 0.3) is 10.2 Å². The molecule has 3 N–H and O–H groups in total. The number of carbonyl (C=O) groups is 1. The van der Waals surface area contributed by atoms with Gasteiger partial charge in [-0.3, -0.25) is 4.79 Å². The summed E-state index contributed by atoms with van der Waals surface area (Å²) in [5, 5.41) is 4.15.